The fourth-order valence-corrected chi connectivity index (χ4v) is 8.02. The minimum absolute atomic E-state index is 0.0217. The van der Waals surface area contributed by atoms with Gasteiger partial charge in [0.25, 0.3) is 0 Å². The molecular weight excluding hydrogens is 894 g/mol. The first-order chi connectivity index (χ1) is 34.0. The van der Waals surface area contributed by atoms with E-state index in [1.807, 2.05) is 21.1 Å². The zero-order valence-electron chi connectivity index (χ0n) is 45.5. The van der Waals surface area contributed by atoms with Crippen molar-refractivity contribution in [3.63, 3.8) is 0 Å². The average Bonchev–Trinajstić information content (AvgIpc) is 3.32. The van der Waals surface area contributed by atoms with Crippen LogP contribution in [0.2, 0.25) is 0 Å². The van der Waals surface area contributed by atoms with Gasteiger partial charge in [-0.05, 0) is 96.3 Å². The molecule has 2 unspecified atom stereocenters. The molecule has 10 heteroatoms. The predicted molar refractivity (Wildman–Crippen MR) is 298 cm³/mol. The van der Waals surface area contributed by atoms with E-state index in [4.69, 9.17) is 18.5 Å². The molecule has 0 aliphatic heterocycles. The van der Waals surface area contributed by atoms with Crippen LogP contribution in [0.15, 0.2) is 97.2 Å². The van der Waals surface area contributed by atoms with Crippen molar-refractivity contribution in [3.8, 4) is 0 Å². The monoisotopic (exact) mass is 999 g/mol. The standard InChI is InChI=1S/C60H104NO8P/c1-6-8-10-12-14-16-18-20-22-24-26-28-29-30-31-33-34-36-38-40-42-44-46-48-50-52-59(62)66-56-58(57-68-70(64,65)67-55-54-61(3,4)5)69-60(63)53-51-49-47-45-43-41-39-37-35-32-27-25-23-21-19-17-15-13-11-9-7-2/h9,11,15,17-18,20-21,23-24,26-27,29-30,32,37,39,58H,6-8,10,12-14,16,19,22,25,28,31,33-36,38,40-57H2,1-5H3/p+1/b11-9-,17-15-,20-18-,23-21-,26-24-,30-29-,32-27-,39-37-. The fraction of sp³-hybridized carbons (Fsp3) is 0.700. The smallest absolute Gasteiger partial charge is 0.462 e. The maximum absolute atomic E-state index is 12.8. The van der Waals surface area contributed by atoms with Gasteiger partial charge in [-0.3, -0.25) is 18.6 Å². The zero-order chi connectivity index (χ0) is 51.3. The number of quaternary nitrogens is 1. The van der Waals surface area contributed by atoms with E-state index in [-0.39, 0.29) is 32.0 Å². The zero-order valence-corrected chi connectivity index (χ0v) is 46.4. The van der Waals surface area contributed by atoms with Crippen LogP contribution in [0, 0.1) is 0 Å². The molecule has 0 spiro atoms. The summed E-state index contributed by atoms with van der Waals surface area (Å²) in [5, 5.41) is 0. The third kappa shape index (κ3) is 54.3. The molecule has 9 nitrogen and oxygen atoms in total. The van der Waals surface area contributed by atoms with Gasteiger partial charge < -0.3 is 18.9 Å². The molecule has 0 bridgehead atoms. The van der Waals surface area contributed by atoms with Crippen LogP contribution in [0.5, 0.6) is 0 Å². The third-order valence-electron chi connectivity index (χ3n) is 11.6. The van der Waals surface area contributed by atoms with Crippen LogP contribution in [-0.2, 0) is 32.7 Å². The van der Waals surface area contributed by atoms with Gasteiger partial charge in [0.05, 0.1) is 27.7 Å². The number of unbranched alkanes of at least 4 members (excludes halogenated alkanes) is 20. The lowest BCUT2D eigenvalue weighted by Gasteiger charge is -2.24. The molecule has 0 saturated heterocycles. The van der Waals surface area contributed by atoms with Crippen molar-refractivity contribution >= 4 is 19.8 Å². The van der Waals surface area contributed by atoms with Crippen LogP contribution in [0.25, 0.3) is 0 Å². The molecule has 0 aliphatic carbocycles. The molecular formula is C60H105NO8P+. The number of ether oxygens (including phenoxy) is 2. The van der Waals surface area contributed by atoms with E-state index in [9.17, 15) is 19.0 Å². The van der Waals surface area contributed by atoms with Crippen molar-refractivity contribution in [3.05, 3.63) is 97.2 Å². The number of carbonyl (C=O) groups is 2. The van der Waals surface area contributed by atoms with E-state index < -0.39 is 26.5 Å². The maximum Gasteiger partial charge on any atom is 0.472 e. The molecule has 0 aromatic carbocycles. The van der Waals surface area contributed by atoms with Gasteiger partial charge in [-0.2, -0.15) is 0 Å². The molecule has 70 heavy (non-hydrogen) atoms. The Balaban J connectivity index is 4.26. The van der Waals surface area contributed by atoms with E-state index in [1.54, 1.807) is 0 Å². The average molecular weight is 999 g/mol. The Bertz CT molecular complexity index is 1500. The molecule has 0 heterocycles. The molecule has 1 N–H and O–H groups in total. The molecule has 0 aliphatic rings. The molecule has 0 radical (unpaired) electrons. The van der Waals surface area contributed by atoms with Crippen molar-refractivity contribution in [1.29, 1.82) is 0 Å². The first-order valence-corrected chi connectivity index (χ1v) is 29.5. The number of likely N-dealkylation sites (N-methyl/N-ethyl adjacent to an activating group) is 1. The topological polar surface area (TPSA) is 108 Å². The number of hydrogen-bond donors (Lipinski definition) is 1. The summed E-state index contributed by atoms with van der Waals surface area (Å²) in [4.78, 5) is 35.7. The van der Waals surface area contributed by atoms with Gasteiger partial charge in [0.15, 0.2) is 6.10 Å². The van der Waals surface area contributed by atoms with Gasteiger partial charge in [0.1, 0.15) is 19.8 Å². The quantitative estimate of drug-likeness (QED) is 0.0211. The molecule has 402 valence electrons. The summed E-state index contributed by atoms with van der Waals surface area (Å²) in [6.07, 6.45) is 68.9. The van der Waals surface area contributed by atoms with Crippen LogP contribution in [0.3, 0.4) is 0 Å². The summed E-state index contributed by atoms with van der Waals surface area (Å²) in [7, 11) is 1.45. The van der Waals surface area contributed by atoms with E-state index in [1.165, 1.54) is 89.9 Å². The van der Waals surface area contributed by atoms with E-state index in [0.717, 1.165) is 96.3 Å². The maximum atomic E-state index is 12.8. The molecule has 2 atom stereocenters. The Morgan fingerprint density at radius 3 is 1.21 bits per heavy atom. The molecule has 0 aromatic heterocycles. The summed E-state index contributed by atoms with van der Waals surface area (Å²) < 4.78 is 34.5. The largest absolute Gasteiger partial charge is 0.472 e. The van der Waals surface area contributed by atoms with Crippen molar-refractivity contribution in [1.82, 2.24) is 0 Å². The molecule has 0 rings (SSSR count). The summed E-state index contributed by atoms with van der Waals surface area (Å²) in [6, 6.07) is 0. The van der Waals surface area contributed by atoms with Gasteiger partial charge in [-0.25, -0.2) is 4.57 Å². The minimum atomic E-state index is -4.40. The Kier molecular flexibility index (Phi) is 48.6. The van der Waals surface area contributed by atoms with E-state index >= 15 is 0 Å². The van der Waals surface area contributed by atoms with Gasteiger partial charge in [-0.15, -0.1) is 0 Å². The lowest BCUT2D eigenvalue weighted by molar-refractivity contribution is -0.870. The summed E-state index contributed by atoms with van der Waals surface area (Å²) in [5.41, 5.74) is 0. The Labute approximate surface area is 430 Å². The number of carbonyl (C=O) groups excluding carboxylic acids is 2. The Hall–Kier alpha value is -3.07. The predicted octanol–water partition coefficient (Wildman–Crippen LogP) is 17.3. The molecule has 0 saturated carbocycles. The second-order valence-corrected chi connectivity index (χ2v) is 21.0. The summed E-state index contributed by atoms with van der Waals surface area (Å²) in [5.74, 6) is -0.828. The van der Waals surface area contributed by atoms with Gasteiger partial charge >= 0.3 is 19.8 Å². The van der Waals surface area contributed by atoms with Crippen molar-refractivity contribution in [2.75, 3.05) is 47.5 Å². The second kappa shape index (κ2) is 50.9. The van der Waals surface area contributed by atoms with Gasteiger partial charge in [0.2, 0.25) is 0 Å². The van der Waals surface area contributed by atoms with E-state index in [0.29, 0.717) is 17.4 Å². The Morgan fingerprint density at radius 1 is 0.457 bits per heavy atom. The lowest BCUT2D eigenvalue weighted by Crippen LogP contribution is -2.37. The molecule has 0 amide bonds. The SMILES string of the molecule is CC/C=C\C/C=C\C/C=C\C/C=C\C/C=C\CCCCCCCC(=O)OC(COC(=O)CCCCCCCCCCCC/C=C\C/C=C\C/C=C\CCCCCCC)COP(=O)(O)OCC[N+](C)(C)C. The van der Waals surface area contributed by atoms with Crippen LogP contribution in [0.1, 0.15) is 219 Å². The van der Waals surface area contributed by atoms with Crippen LogP contribution < -0.4 is 0 Å². The van der Waals surface area contributed by atoms with Gasteiger partial charge in [-0.1, -0.05) is 207 Å². The Morgan fingerprint density at radius 2 is 0.814 bits per heavy atom. The van der Waals surface area contributed by atoms with Crippen LogP contribution in [0.4, 0.5) is 0 Å². The van der Waals surface area contributed by atoms with Crippen molar-refractivity contribution in [2.45, 2.75) is 225 Å². The van der Waals surface area contributed by atoms with Crippen LogP contribution >= 0.6 is 7.82 Å². The second-order valence-electron chi connectivity index (χ2n) is 19.6. The highest BCUT2D eigenvalue weighted by atomic mass is 31.2. The highest BCUT2D eigenvalue weighted by molar-refractivity contribution is 7.47. The normalized spacial score (nSPS) is 14.1. The number of phosphoric acid groups is 1. The number of nitrogens with zero attached hydrogens (tertiary/aromatic N) is 1. The first kappa shape index (κ1) is 66.9. The van der Waals surface area contributed by atoms with Crippen molar-refractivity contribution < 1.29 is 42.1 Å². The summed E-state index contributed by atoms with van der Waals surface area (Å²) in [6.45, 7) is 4.27. The number of hydrogen-bond acceptors (Lipinski definition) is 7. The fourth-order valence-electron chi connectivity index (χ4n) is 7.28. The van der Waals surface area contributed by atoms with Crippen LogP contribution in [-0.4, -0.2) is 74.9 Å². The summed E-state index contributed by atoms with van der Waals surface area (Å²) >= 11 is 0. The molecule has 0 fully saturated rings. The van der Waals surface area contributed by atoms with Crippen molar-refractivity contribution in [2.24, 2.45) is 0 Å². The molecule has 0 aromatic rings. The highest BCUT2D eigenvalue weighted by Crippen LogP contribution is 2.43. The van der Waals surface area contributed by atoms with E-state index in [2.05, 4.69) is 111 Å². The third-order valence-corrected chi connectivity index (χ3v) is 12.6. The van der Waals surface area contributed by atoms with Gasteiger partial charge in [0, 0.05) is 12.8 Å². The highest BCUT2D eigenvalue weighted by Gasteiger charge is 2.27. The minimum Gasteiger partial charge on any atom is -0.462 e. The number of allylic oxidation sites excluding steroid dienone is 16. The number of rotatable bonds is 50. The lowest BCUT2D eigenvalue weighted by atomic mass is 10.1. The first-order valence-electron chi connectivity index (χ1n) is 28.0. The number of phosphoric ester groups is 1. The number of esters is 2.